The molecule has 1 atom stereocenters. The van der Waals surface area contributed by atoms with Crippen molar-refractivity contribution in [3.63, 3.8) is 0 Å². The number of benzene rings is 1. The zero-order chi connectivity index (χ0) is 14.4. The SMILES string of the molecule is COCCCC(=O)N1CCNCC1c1ccccc1Cl. The van der Waals surface area contributed by atoms with Crippen molar-refractivity contribution in [2.24, 2.45) is 0 Å². The summed E-state index contributed by atoms with van der Waals surface area (Å²) in [7, 11) is 1.65. The first-order valence-electron chi connectivity index (χ1n) is 6.97. The van der Waals surface area contributed by atoms with Gasteiger partial charge in [-0.2, -0.15) is 0 Å². The van der Waals surface area contributed by atoms with Gasteiger partial charge in [0.15, 0.2) is 0 Å². The van der Waals surface area contributed by atoms with Crippen molar-refractivity contribution < 1.29 is 9.53 Å². The number of amides is 1. The van der Waals surface area contributed by atoms with Gasteiger partial charge in [0.25, 0.3) is 0 Å². The lowest BCUT2D eigenvalue weighted by Gasteiger charge is -2.37. The third-order valence-electron chi connectivity index (χ3n) is 3.57. The summed E-state index contributed by atoms with van der Waals surface area (Å²) in [5, 5.41) is 4.05. The predicted octanol–water partition coefficient (Wildman–Crippen LogP) is 2.24. The maximum absolute atomic E-state index is 12.4. The first kappa shape index (κ1) is 15.3. The molecule has 1 aliphatic heterocycles. The van der Waals surface area contributed by atoms with Gasteiger partial charge in [-0.3, -0.25) is 4.79 Å². The Morgan fingerprint density at radius 3 is 3.05 bits per heavy atom. The van der Waals surface area contributed by atoms with Gasteiger partial charge in [-0.25, -0.2) is 0 Å². The lowest BCUT2D eigenvalue weighted by Crippen LogP contribution is -2.48. The highest BCUT2D eigenvalue weighted by atomic mass is 35.5. The molecular weight excluding hydrogens is 276 g/mol. The molecule has 0 aliphatic carbocycles. The smallest absolute Gasteiger partial charge is 0.223 e. The predicted molar refractivity (Wildman–Crippen MR) is 79.9 cm³/mol. The molecule has 5 heteroatoms. The lowest BCUT2D eigenvalue weighted by atomic mass is 10.0. The highest BCUT2D eigenvalue weighted by molar-refractivity contribution is 6.31. The van der Waals surface area contributed by atoms with Crippen molar-refractivity contribution >= 4 is 17.5 Å². The number of methoxy groups -OCH3 is 1. The van der Waals surface area contributed by atoms with Gasteiger partial charge in [-0.15, -0.1) is 0 Å². The number of hydrogen-bond acceptors (Lipinski definition) is 3. The van der Waals surface area contributed by atoms with Gasteiger partial charge in [-0.1, -0.05) is 29.8 Å². The number of nitrogens with zero attached hydrogens (tertiary/aromatic N) is 1. The van der Waals surface area contributed by atoms with Gasteiger partial charge in [0.05, 0.1) is 6.04 Å². The number of carbonyl (C=O) groups excluding carboxylic acids is 1. The lowest BCUT2D eigenvalue weighted by molar-refractivity contribution is -0.134. The van der Waals surface area contributed by atoms with Crippen LogP contribution in [-0.4, -0.2) is 44.2 Å². The van der Waals surface area contributed by atoms with Crippen LogP contribution in [0.1, 0.15) is 24.4 Å². The molecule has 1 N–H and O–H groups in total. The first-order chi connectivity index (χ1) is 9.74. The van der Waals surface area contributed by atoms with E-state index in [1.807, 2.05) is 29.2 Å². The van der Waals surface area contributed by atoms with Crippen molar-refractivity contribution in [1.29, 1.82) is 0 Å². The van der Waals surface area contributed by atoms with E-state index < -0.39 is 0 Å². The van der Waals surface area contributed by atoms with Crippen LogP contribution in [0.25, 0.3) is 0 Å². The number of nitrogens with one attached hydrogen (secondary N) is 1. The molecule has 1 fully saturated rings. The van der Waals surface area contributed by atoms with E-state index >= 15 is 0 Å². The third kappa shape index (κ3) is 3.72. The Morgan fingerprint density at radius 1 is 1.50 bits per heavy atom. The van der Waals surface area contributed by atoms with Crippen LogP contribution >= 0.6 is 11.6 Å². The normalized spacial score (nSPS) is 19.1. The van der Waals surface area contributed by atoms with Crippen molar-refractivity contribution in [3.8, 4) is 0 Å². The van der Waals surface area contributed by atoms with Crippen LogP contribution in [0.3, 0.4) is 0 Å². The second-order valence-corrected chi connectivity index (χ2v) is 5.33. The monoisotopic (exact) mass is 296 g/mol. The zero-order valence-corrected chi connectivity index (χ0v) is 12.5. The van der Waals surface area contributed by atoms with Crippen LogP contribution in [0, 0.1) is 0 Å². The Labute approximate surface area is 125 Å². The second kappa shape index (κ2) is 7.62. The number of hydrogen-bond donors (Lipinski definition) is 1. The molecule has 0 aromatic heterocycles. The highest BCUT2D eigenvalue weighted by Crippen LogP contribution is 2.28. The molecule has 2 rings (SSSR count). The standard InChI is InChI=1S/C15H21ClN2O2/c1-20-10-4-7-15(19)18-9-8-17-11-14(18)12-5-2-3-6-13(12)16/h2-3,5-6,14,17H,4,7-11H2,1H3. The van der Waals surface area contributed by atoms with Crippen LogP contribution in [0.4, 0.5) is 0 Å². The largest absolute Gasteiger partial charge is 0.385 e. The van der Waals surface area contributed by atoms with E-state index in [1.54, 1.807) is 7.11 Å². The fourth-order valence-corrected chi connectivity index (χ4v) is 2.80. The van der Waals surface area contributed by atoms with E-state index in [0.717, 1.165) is 36.6 Å². The minimum atomic E-state index is 0.0208. The number of halogens is 1. The quantitative estimate of drug-likeness (QED) is 0.847. The Morgan fingerprint density at radius 2 is 2.30 bits per heavy atom. The van der Waals surface area contributed by atoms with Gasteiger partial charge in [-0.05, 0) is 18.1 Å². The van der Waals surface area contributed by atoms with Gasteiger partial charge < -0.3 is 15.0 Å². The molecule has 0 spiro atoms. The minimum Gasteiger partial charge on any atom is -0.385 e. The Balaban J connectivity index is 2.09. The average Bonchev–Trinajstić information content (AvgIpc) is 2.48. The van der Waals surface area contributed by atoms with E-state index in [0.29, 0.717) is 13.0 Å². The molecule has 1 aliphatic rings. The van der Waals surface area contributed by atoms with Crippen LogP contribution in [0.15, 0.2) is 24.3 Å². The Kier molecular flexibility index (Phi) is 5.83. The van der Waals surface area contributed by atoms with Gasteiger partial charge in [0, 0.05) is 44.8 Å². The number of ether oxygens (including phenoxy) is 1. The van der Waals surface area contributed by atoms with E-state index in [-0.39, 0.29) is 11.9 Å². The maximum atomic E-state index is 12.4. The molecule has 1 aromatic rings. The molecule has 20 heavy (non-hydrogen) atoms. The van der Waals surface area contributed by atoms with E-state index in [1.165, 1.54) is 0 Å². The van der Waals surface area contributed by atoms with E-state index in [9.17, 15) is 4.79 Å². The number of rotatable bonds is 5. The molecule has 1 unspecified atom stereocenters. The van der Waals surface area contributed by atoms with Gasteiger partial charge in [0.1, 0.15) is 0 Å². The summed E-state index contributed by atoms with van der Waals surface area (Å²) in [5.41, 5.74) is 1.02. The molecule has 110 valence electrons. The number of piperazine rings is 1. The summed E-state index contributed by atoms with van der Waals surface area (Å²) >= 11 is 6.27. The minimum absolute atomic E-state index is 0.0208. The fourth-order valence-electron chi connectivity index (χ4n) is 2.54. The van der Waals surface area contributed by atoms with Crippen LogP contribution in [-0.2, 0) is 9.53 Å². The Hall–Kier alpha value is -1.10. The molecule has 1 saturated heterocycles. The molecule has 0 radical (unpaired) electrons. The van der Waals surface area contributed by atoms with Crippen molar-refractivity contribution in [2.75, 3.05) is 33.4 Å². The van der Waals surface area contributed by atoms with Crippen LogP contribution < -0.4 is 5.32 Å². The average molecular weight is 297 g/mol. The molecule has 1 amide bonds. The number of carbonyl (C=O) groups is 1. The van der Waals surface area contributed by atoms with Crippen molar-refractivity contribution in [3.05, 3.63) is 34.9 Å². The van der Waals surface area contributed by atoms with E-state index in [2.05, 4.69) is 5.32 Å². The topological polar surface area (TPSA) is 41.6 Å². The van der Waals surface area contributed by atoms with Crippen LogP contribution in [0.2, 0.25) is 5.02 Å². The molecule has 0 saturated carbocycles. The van der Waals surface area contributed by atoms with Crippen LogP contribution in [0.5, 0.6) is 0 Å². The maximum Gasteiger partial charge on any atom is 0.223 e. The summed E-state index contributed by atoms with van der Waals surface area (Å²) in [5.74, 6) is 0.175. The van der Waals surface area contributed by atoms with Gasteiger partial charge in [0.2, 0.25) is 5.91 Å². The summed E-state index contributed by atoms with van der Waals surface area (Å²) in [4.78, 5) is 14.3. The molecule has 4 nitrogen and oxygen atoms in total. The summed E-state index contributed by atoms with van der Waals surface area (Å²) in [6.07, 6.45) is 1.28. The molecule has 1 aromatic carbocycles. The fraction of sp³-hybridized carbons (Fsp3) is 0.533. The highest BCUT2D eigenvalue weighted by Gasteiger charge is 2.28. The van der Waals surface area contributed by atoms with Crippen molar-refractivity contribution in [1.82, 2.24) is 10.2 Å². The summed E-state index contributed by atoms with van der Waals surface area (Å²) in [6.45, 7) is 2.92. The van der Waals surface area contributed by atoms with Crippen molar-refractivity contribution in [2.45, 2.75) is 18.9 Å². The van der Waals surface area contributed by atoms with E-state index in [4.69, 9.17) is 16.3 Å². The van der Waals surface area contributed by atoms with Gasteiger partial charge >= 0.3 is 0 Å². The third-order valence-corrected chi connectivity index (χ3v) is 3.91. The molecule has 0 bridgehead atoms. The first-order valence-corrected chi connectivity index (χ1v) is 7.35. The zero-order valence-electron chi connectivity index (χ0n) is 11.8. The molecular formula is C15H21ClN2O2. The second-order valence-electron chi connectivity index (χ2n) is 4.92. The summed E-state index contributed by atoms with van der Waals surface area (Å²) < 4.78 is 5.01. The summed E-state index contributed by atoms with van der Waals surface area (Å²) in [6, 6.07) is 7.76. The molecule has 1 heterocycles. The Bertz CT molecular complexity index is 453.